The van der Waals surface area contributed by atoms with Gasteiger partial charge in [0, 0.05) is 13.5 Å². The summed E-state index contributed by atoms with van der Waals surface area (Å²) in [5.41, 5.74) is 0.971. The number of hydrogen-bond acceptors (Lipinski definition) is 4. The molecule has 0 aromatic carbocycles. The first-order valence-corrected chi connectivity index (χ1v) is 11.9. The second kappa shape index (κ2) is 6.64. The van der Waals surface area contributed by atoms with E-state index >= 15 is 0 Å². The number of Topliss-reactive ketones (excluding diaryl/α,β-unsaturated/α-hetero) is 1. The van der Waals surface area contributed by atoms with Gasteiger partial charge in [-0.25, -0.2) is 0 Å². The van der Waals surface area contributed by atoms with Crippen LogP contribution in [0.3, 0.4) is 0 Å². The molecule has 0 bridgehead atoms. The van der Waals surface area contributed by atoms with Gasteiger partial charge in [-0.05, 0) is 73.5 Å². The van der Waals surface area contributed by atoms with Gasteiger partial charge in [0.05, 0.1) is 23.7 Å². The van der Waals surface area contributed by atoms with Crippen LogP contribution in [0.5, 0.6) is 0 Å². The molecule has 4 fully saturated rings. The Bertz CT molecular complexity index is 722. The van der Waals surface area contributed by atoms with Crippen molar-refractivity contribution >= 4 is 5.78 Å². The summed E-state index contributed by atoms with van der Waals surface area (Å²) < 4.78 is 6.12. The third kappa shape index (κ3) is 2.64. The van der Waals surface area contributed by atoms with Gasteiger partial charge in [0.1, 0.15) is 5.78 Å². The minimum Gasteiger partial charge on any atom is -0.393 e. The van der Waals surface area contributed by atoms with Gasteiger partial charge in [0.15, 0.2) is 0 Å². The van der Waals surface area contributed by atoms with Crippen molar-refractivity contribution in [1.29, 1.82) is 0 Å². The zero-order chi connectivity index (χ0) is 20.6. The van der Waals surface area contributed by atoms with Gasteiger partial charge in [-0.3, -0.25) is 4.79 Å². The highest BCUT2D eigenvalue weighted by molar-refractivity contribution is 5.86. The second-order valence-corrected chi connectivity index (χ2v) is 11.4. The molecule has 5 aliphatic rings. The first kappa shape index (κ1) is 20.2. The highest BCUT2D eigenvalue weighted by atomic mass is 16.5. The van der Waals surface area contributed by atoms with Crippen LogP contribution >= 0.6 is 0 Å². The molecule has 5 aliphatic carbocycles. The number of ether oxygens (including phenoxy) is 1. The third-order valence-corrected chi connectivity index (χ3v) is 10.3. The van der Waals surface area contributed by atoms with Gasteiger partial charge in [-0.15, -0.1) is 0 Å². The summed E-state index contributed by atoms with van der Waals surface area (Å²) >= 11 is 0. The van der Waals surface area contributed by atoms with Crippen molar-refractivity contribution in [2.24, 2.45) is 34.5 Å². The number of aliphatic hydroxyl groups excluding tert-OH is 2. The topological polar surface area (TPSA) is 66.8 Å². The first-order chi connectivity index (χ1) is 13.7. The number of ketones is 1. The maximum atomic E-state index is 13.5. The minimum atomic E-state index is -0.494. The van der Waals surface area contributed by atoms with Crippen LogP contribution in [0.25, 0.3) is 0 Å². The Morgan fingerprint density at radius 2 is 1.72 bits per heavy atom. The lowest BCUT2D eigenvalue weighted by atomic mass is 9.46. The van der Waals surface area contributed by atoms with Crippen molar-refractivity contribution in [2.45, 2.75) is 95.9 Å². The molecular formula is C25H38O4. The van der Waals surface area contributed by atoms with Crippen molar-refractivity contribution < 1.29 is 19.7 Å². The molecule has 0 heterocycles. The molecule has 0 spiro atoms. The van der Waals surface area contributed by atoms with E-state index in [1.165, 1.54) is 5.57 Å². The summed E-state index contributed by atoms with van der Waals surface area (Å²) in [4.78, 5) is 13.5. The molecule has 0 amide bonds. The molecule has 5 rings (SSSR count). The Labute approximate surface area is 175 Å². The molecule has 162 valence electrons. The Balaban J connectivity index is 1.53. The molecule has 4 heteroatoms. The van der Waals surface area contributed by atoms with Crippen LogP contribution in [-0.2, 0) is 9.53 Å². The van der Waals surface area contributed by atoms with Crippen molar-refractivity contribution in [3.63, 3.8) is 0 Å². The summed E-state index contributed by atoms with van der Waals surface area (Å²) in [6.07, 6.45) is 10.9. The molecule has 0 aromatic rings. The molecule has 4 saturated carbocycles. The van der Waals surface area contributed by atoms with Gasteiger partial charge in [0.25, 0.3) is 0 Å². The molecule has 0 saturated heterocycles. The normalized spacial score (nSPS) is 51.2. The van der Waals surface area contributed by atoms with Crippen molar-refractivity contribution in [3.05, 3.63) is 11.6 Å². The van der Waals surface area contributed by atoms with Crippen molar-refractivity contribution in [3.8, 4) is 0 Å². The zero-order valence-corrected chi connectivity index (χ0v) is 18.3. The van der Waals surface area contributed by atoms with Crippen LogP contribution in [0.1, 0.15) is 78.1 Å². The summed E-state index contributed by atoms with van der Waals surface area (Å²) in [5.74, 6) is 1.17. The summed E-state index contributed by atoms with van der Waals surface area (Å²) in [6.45, 7) is 4.69. The largest absolute Gasteiger partial charge is 0.393 e. The highest BCUT2D eigenvalue weighted by Gasteiger charge is 2.67. The smallest absolute Gasteiger partial charge is 0.139 e. The van der Waals surface area contributed by atoms with Gasteiger partial charge in [0.2, 0.25) is 0 Å². The Morgan fingerprint density at radius 1 is 1.00 bits per heavy atom. The molecule has 4 nitrogen and oxygen atoms in total. The highest BCUT2D eigenvalue weighted by Crippen LogP contribution is 2.68. The molecule has 0 aromatic heterocycles. The number of carbonyl (C=O) groups excluding carboxylic acids is 1. The van der Waals surface area contributed by atoms with E-state index in [4.69, 9.17) is 4.74 Å². The van der Waals surface area contributed by atoms with E-state index in [1.54, 1.807) is 7.11 Å². The summed E-state index contributed by atoms with van der Waals surface area (Å²) in [6, 6.07) is 0. The molecule has 29 heavy (non-hydrogen) atoms. The van der Waals surface area contributed by atoms with Crippen LogP contribution in [0.2, 0.25) is 0 Å². The molecule has 8 atom stereocenters. The fourth-order valence-electron chi connectivity index (χ4n) is 8.91. The lowest BCUT2D eigenvalue weighted by molar-refractivity contribution is -0.150. The summed E-state index contributed by atoms with van der Waals surface area (Å²) in [5, 5.41) is 21.5. The SMILES string of the molecule is COC1(C2C(=O)C[C@H]3[C@@H]4C(O)C=C5CC(O)CC[C@]5(C)[C@@H]4CC[C@]23C)CCCC1. The van der Waals surface area contributed by atoms with Crippen LogP contribution in [0.15, 0.2) is 11.6 Å². The molecular weight excluding hydrogens is 364 g/mol. The van der Waals surface area contributed by atoms with E-state index in [-0.39, 0.29) is 40.3 Å². The van der Waals surface area contributed by atoms with E-state index in [9.17, 15) is 15.0 Å². The first-order valence-electron chi connectivity index (χ1n) is 11.9. The molecule has 3 unspecified atom stereocenters. The average molecular weight is 403 g/mol. The monoisotopic (exact) mass is 402 g/mol. The maximum absolute atomic E-state index is 13.5. The van der Waals surface area contributed by atoms with Crippen LogP contribution in [0.4, 0.5) is 0 Å². The van der Waals surface area contributed by atoms with Crippen molar-refractivity contribution in [2.75, 3.05) is 7.11 Å². The lowest BCUT2D eigenvalue weighted by Crippen LogP contribution is -2.57. The Hall–Kier alpha value is -0.710. The predicted octanol–water partition coefficient (Wildman–Crippen LogP) is 4.04. The number of rotatable bonds is 2. The molecule has 2 N–H and O–H groups in total. The van der Waals surface area contributed by atoms with Gasteiger partial charge in [-0.2, -0.15) is 0 Å². The van der Waals surface area contributed by atoms with Crippen LogP contribution in [0, 0.1) is 34.5 Å². The molecule has 0 radical (unpaired) electrons. The zero-order valence-electron chi connectivity index (χ0n) is 18.3. The number of fused-ring (bicyclic) bond motifs is 5. The van der Waals surface area contributed by atoms with Crippen LogP contribution < -0.4 is 0 Å². The number of carbonyl (C=O) groups is 1. The van der Waals surface area contributed by atoms with Crippen molar-refractivity contribution in [1.82, 2.24) is 0 Å². The summed E-state index contributed by atoms with van der Waals surface area (Å²) in [7, 11) is 1.81. The van der Waals surface area contributed by atoms with E-state index in [2.05, 4.69) is 19.9 Å². The van der Waals surface area contributed by atoms with E-state index in [0.29, 0.717) is 24.5 Å². The van der Waals surface area contributed by atoms with Gasteiger partial charge in [-0.1, -0.05) is 38.3 Å². The minimum absolute atomic E-state index is 0.0213. The number of methoxy groups -OCH3 is 1. The fraction of sp³-hybridized carbons (Fsp3) is 0.880. The van der Waals surface area contributed by atoms with E-state index in [0.717, 1.165) is 51.4 Å². The standard InChI is InChI=1S/C25H38O4/c1-23-10-6-16(26)12-15(23)13-19(27)21-17(23)7-11-24(2)18(21)14-20(28)22(24)25(29-3)8-4-5-9-25/h13,16-19,21-22,26-27H,4-12,14H2,1-3H3/t16?,17-,18+,19?,21-,22?,23+,24+/m1/s1. The van der Waals surface area contributed by atoms with Gasteiger partial charge < -0.3 is 14.9 Å². The quantitative estimate of drug-likeness (QED) is 0.684. The third-order valence-electron chi connectivity index (χ3n) is 10.3. The Morgan fingerprint density at radius 3 is 2.41 bits per heavy atom. The fourth-order valence-corrected chi connectivity index (χ4v) is 8.91. The molecule has 0 aliphatic heterocycles. The lowest BCUT2D eigenvalue weighted by Gasteiger charge is -2.59. The average Bonchev–Trinajstić information content (AvgIpc) is 3.25. The maximum Gasteiger partial charge on any atom is 0.139 e. The van der Waals surface area contributed by atoms with E-state index < -0.39 is 6.10 Å². The van der Waals surface area contributed by atoms with Gasteiger partial charge >= 0.3 is 0 Å². The second-order valence-electron chi connectivity index (χ2n) is 11.4. The predicted molar refractivity (Wildman–Crippen MR) is 111 cm³/mol. The van der Waals surface area contributed by atoms with Crippen LogP contribution in [-0.4, -0.2) is 40.9 Å². The number of aliphatic hydroxyl groups is 2. The Kier molecular flexibility index (Phi) is 4.63. The number of hydrogen-bond donors (Lipinski definition) is 2. The van der Waals surface area contributed by atoms with E-state index in [1.807, 2.05) is 0 Å².